The molecule has 0 N–H and O–H groups in total. The third-order valence-electron chi connectivity index (χ3n) is 7.96. The fourth-order valence-corrected chi connectivity index (χ4v) is 6.18. The minimum absolute atomic E-state index is 0.131. The largest absolute Gasteiger partial charge is 0.355 e. The first-order valence-electron chi connectivity index (χ1n) is 12.6. The van der Waals surface area contributed by atoms with E-state index in [1.165, 1.54) is 18.4 Å². The molecule has 3 aliphatic rings. The fraction of sp³-hybridized carbons (Fsp3) is 0.593. The van der Waals surface area contributed by atoms with Crippen LogP contribution in [0.5, 0.6) is 0 Å². The van der Waals surface area contributed by atoms with E-state index in [9.17, 15) is 4.79 Å². The third-order valence-corrected chi connectivity index (χ3v) is 7.96. The molecule has 1 amide bonds. The lowest BCUT2D eigenvalue weighted by Crippen LogP contribution is -2.52. The van der Waals surface area contributed by atoms with E-state index in [1.54, 1.807) is 6.92 Å². The summed E-state index contributed by atoms with van der Waals surface area (Å²) in [6, 6.07) is 9.20. The SMILES string of the molecule is CC(=O)N1CC2(CCN(C3CCN(c4cncc(CC(C)C)n4)CC3)CC2)c2ccccc21. The summed E-state index contributed by atoms with van der Waals surface area (Å²) in [5, 5.41) is 0. The van der Waals surface area contributed by atoms with Gasteiger partial charge in [0.2, 0.25) is 5.91 Å². The van der Waals surface area contributed by atoms with Crippen LogP contribution in [0.4, 0.5) is 11.5 Å². The number of likely N-dealkylation sites (tertiary alicyclic amines) is 1. The minimum Gasteiger partial charge on any atom is -0.355 e. The van der Waals surface area contributed by atoms with Crippen LogP contribution in [0.3, 0.4) is 0 Å². The number of carbonyl (C=O) groups excluding carboxylic acids is 1. The van der Waals surface area contributed by atoms with Crippen molar-refractivity contribution in [2.75, 3.05) is 42.5 Å². The van der Waals surface area contributed by atoms with E-state index in [2.05, 4.69) is 52.9 Å². The van der Waals surface area contributed by atoms with Crippen molar-refractivity contribution >= 4 is 17.4 Å². The number of rotatable bonds is 4. The summed E-state index contributed by atoms with van der Waals surface area (Å²) in [6.07, 6.45) is 9.45. The summed E-state index contributed by atoms with van der Waals surface area (Å²) in [4.78, 5) is 28.7. The van der Waals surface area contributed by atoms with Crippen molar-refractivity contribution < 1.29 is 4.79 Å². The van der Waals surface area contributed by atoms with Gasteiger partial charge in [-0.25, -0.2) is 4.98 Å². The molecule has 1 aromatic heterocycles. The van der Waals surface area contributed by atoms with Crippen LogP contribution in [0.25, 0.3) is 0 Å². The van der Waals surface area contributed by atoms with Gasteiger partial charge in [0.1, 0.15) is 5.82 Å². The third kappa shape index (κ3) is 4.37. The molecule has 0 saturated carbocycles. The van der Waals surface area contributed by atoms with Crippen molar-refractivity contribution in [2.45, 2.75) is 64.3 Å². The van der Waals surface area contributed by atoms with Crippen LogP contribution < -0.4 is 9.80 Å². The Morgan fingerprint density at radius 3 is 2.52 bits per heavy atom. The van der Waals surface area contributed by atoms with Gasteiger partial charge in [0.15, 0.2) is 0 Å². The molecule has 1 spiro atoms. The van der Waals surface area contributed by atoms with Gasteiger partial charge in [0, 0.05) is 49.9 Å². The topological polar surface area (TPSA) is 52.6 Å². The molecule has 0 radical (unpaired) electrons. The van der Waals surface area contributed by atoms with Crippen LogP contribution in [-0.4, -0.2) is 59.5 Å². The average Bonchev–Trinajstić information content (AvgIpc) is 3.14. The van der Waals surface area contributed by atoms with E-state index in [1.807, 2.05) is 17.3 Å². The molecule has 5 rings (SSSR count). The summed E-state index contributed by atoms with van der Waals surface area (Å²) in [5.74, 6) is 1.79. The number of nitrogens with zero attached hydrogens (tertiary/aromatic N) is 5. The maximum atomic E-state index is 12.3. The zero-order valence-electron chi connectivity index (χ0n) is 20.3. The second kappa shape index (κ2) is 9.05. The number of fused-ring (bicyclic) bond motifs is 2. The number of amides is 1. The fourth-order valence-electron chi connectivity index (χ4n) is 6.18. The van der Waals surface area contributed by atoms with Crippen molar-refractivity contribution in [2.24, 2.45) is 5.92 Å². The summed E-state index contributed by atoms with van der Waals surface area (Å²) in [5.41, 5.74) is 3.75. The Kier molecular flexibility index (Phi) is 6.12. The van der Waals surface area contributed by atoms with Gasteiger partial charge in [-0.1, -0.05) is 32.0 Å². The molecule has 0 aliphatic carbocycles. The van der Waals surface area contributed by atoms with E-state index in [-0.39, 0.29) is 11.3 Å². The maximum absolute atomic E-state index is 12.3. The first-order chi connectivity index (χ1) is 15.9. The molecule has 2 fully saturated rings. The van der Waals surface area contributed by atoms with Crippen LogP contribution in [-0.2, 0) is 16.6 Å². The normalized spacial score (nSPS) is 21.1. The molecular formula is C27H37N5O. The summed E-state index contributed by atoms with van der Waals surface area (Å²) >= 11 is 0. The van der Waals surface area contributed by atoms with Gasteiger partial charge in [0.05, 0.1) is 11.9 Å². The number of para-hydroxylation sites is 1. The van der Waals surface area contributed by atoms with E-state index in [0.717, 1.165) is 69.2 Å². The second-order valence-corrected chi connectivity index (χ2v) is 10.6. The van der Waals surface area contributed by atoms with Gasteiger partial charge in [-0.15, -0.1) is 0 Å². The van der Waals surface area contributed by atoms with Crippen molar-refractivity contribution in [1.29, 1.82) is 0 Å². The van der Waals surface area contributed by atoms with Gasteiger partial charge in [-0.3, -0.25) is 9.78 Å². The Balaban J connectivity index is 1.19. The monoisotopic (exact) mass is 447 g/mol. The summed E-state index contributed by atoms with van der Waals surface area (Å²) in [6.45, 7) is 11.3. The molecule has 2 saturated heterocycles. The molecule has 1 aromatic carbocycles. The van der Waals surface area contributed by atoms with Gasteiger partial charge in [-0.05, 0) is 62.7 Å². The average molecular weight is 448 g/mol. The molecule has 3 aliphatic heterocycles. The second-order valence-electron chi connectivity index (χ2n) is 10.6. The number of anilines is 2. The summed E-state index contributed by atoms with van der Waals surface area (Å²) < 4.78 is 0. The Bertz CT molecular complexity index is 990. The first-order valence-corrected chi connectivity index (χ1v) is 12.6. The van der Waals surface area contributed by atoms with Crippen LogP contribution in [0, 0.1) is 5.92 Å². The number of carbonyl (C=O) groups is 1. The molecule has 33 heavy (non-hydrogen) atoms. The predicted molar refractivity (Wildman–Crippen MR) is 133 cm³/mol. The molecular weight excluding hydrogens is 410 g/mol. The molecule has 4 heterocycles. The Morgan fingerprint density at radius 2 is 1.82 bits per heavy atom. The van der Waals surface area contributed by atoms with E-state index in [0.29, 0.717) is 12.0 Å². The standard InChI is InChI=1S/C27H37N5O/c1-20(2)16-22-17-28-18-26(29-22)31-12-8-23(9-13-31)30-14-10-27(11-15-30)19-32(21(3)33)25-7-5-4-6-24(25)27/h4-7,17-18,20,23H,8-16,19H2,1-3H3. The van der Waals surface area contributed by atoms with Crippen molar-refractivity contribution in [3.8, 4) is 0 Å². The summed E-state index contributed by atoms with van der Waals surface area (Å²) in [7, 11) is 0. The van der Waals surface area contributed by atoms with Crippen molar-refractivity contribution in [1.82, 2.24) is 14.9 Å². The van der Waals surface area contributed by atoms with Crippen molar-refractivity contribution in [3.05, 3.63) is 47.9 Å². The number of hydrogen-bond donors (Lipinski definition) is 0. The first kappa shape index (κ1) is 22.3. The minimum atomic E-state index is 0.131. The zero-order valence-corrected chi connectivity index (χ0v) is 20.3. The van der Waals surface area contributed by atoms with Gasteiger partial charge in [-0.2, -0.15) is 0 Å². The van der Waals surface area contributed by atoms with Crippen molar-refractivity contribution in [3.63, 3.8) is 0 Å². The van der Waals surface area contributed by atoms with E-state index >= 15 is 0 Å². The Morgan fingerprint density at radius 1 is 1.09 bits per heavy atom. The van der Waals surface area contributed by atoms with Crippen LogP contribution in [0.1, 0.15) is 57.7 Å². The molecule has 0 atom stereocenters. The van der Waals surface area contributed by atoms with Crippen LogP contribution in [0.2, 0.25) is 0 Å². The number of benzene rings is 1. The highest BCUT2D eigenvalue weighted by atomic mass is 16.2. The lowest BCUT2D eigenvalue weighted by molar-refractivity contribution is -0.116. The molecule has 0 unspecified atom stereocenters. The Hall–Kier alpha value is -2.47. The molecule has 176 valence electrons. The smallest absolute Gasteiger partial charge is 0.223 e. The predicted octanol–water partition coefficient (Wildman–Crippen LogP) is 4.04. The van der Waals surface area contributed by atoms with Gasteiger partial charge < -0.3 is 14.7 Å². The highest BCUT2D eigenvalue weighted by molar-refractivity contribution is 5.94. The molecule has 6 nitrogen and oxygen atoms in total. The number of aromatic nitrogens is 2. The Labute approximate surface area is 198 Å². The molecule has 0 bridgehead atoms. The highest BCUT2D eigenvalue weighted by Crippen LogP contribution is 2.47. The molecule has 6 heteroatoms. The van der Waals surface area contributed by atoms with Gasteiger partial charge in [0.25, 0.3) is 0 Å². The number of piperidine rings is 2. The maximum Gasteiger partial charge on any atom is 0.223 e. The zero-order chi connectivity index (χ0) is 23.0. The lowest BCUT2D eigenvalue weighted by atomic mass is 9.74. The van der Waals surface area contributed by atoms with Crippen LogP contribution in [0.15, 0.2) is 36.7 Å². The van der Waals surface area contributed by atoms with E-state index in [4.69, 9.17) is 4.98 Å². The lowest BCUT2D eigenvalue weighted by Gasteiger charge is -2.45. The number of hydrogen-bond acceptors (Lipinski definition) is 5. The highest BCUT2D eigenvalue weighted by Gasteiger charge is 2.46. The van der Waals surface area contributed by atoms with Crippen LogP contribution >= 0.6 is 0 Å². The quantitative estimate of drug-likeness (QED) is 0.708. The van der Waals surface area contributed by atoms with Gasteiger partial charge >= 0.3 is 0 Å². The molecule has 2 aromatic rings. The van der Waals surface area contributed by atoms with E-state index < -0.39 is 0 Å².